The fourth-order valence-electron chi connectivity index (χ4n) is 1.81. The summed E-state index contributed by atoms with van der Waals surface area (Å²) in [4.78, 5) is 11.5. The lowest BCUT2D eigenvalue weighted by molar-refractivity contribution is -0.155. The molecule has 3 nitrogen and oxygen atoms in total. The SMILES string of the molecule is CC1CC(CC(=O)OC(C)(C)C)CN1. The number of hydrogen-bond acceptors (Lipinski definition) is 3. The van der Waals surface area contributed by atoms with Gasteiger partial charge in [-0.3, -0.25) is 4.79 Å². The van der Waals surface area contributed by atoms with Crippen molar-refractivity contribution < 1.29 is 9.53 Å². The van der Waals surface area contributed by atoms with Crippen molar-refractivity contribution in [3.63, 3.8) is 0 Å². The Morgan fingerprint density at radius 2 is 2.14 bits per heavy atom. The normalized spacial score (nSPS) is 27.7. The zero-order chi connectivity index (χ0) is 10.8. The van der Waals surface area contributed by atoms with Gasteiger partial charge in [0, 0.05) is 12.5 Å². The van der Waals surface area contributed by atoms with E-state index in [1.807, 2.05) is 20.8 Å². The Bertz CT molecular complexity index is 208. The molecule has 1 fully saturated rings. The van der Waals surface area contributed by atoms with Crippen molar-refractivity contribution in [2.45, 2.75) is 52.2 Å². The topological polar surface area (TPSA) is 38.3 Å². The third kappa shape index (κ3) is 4.09. The second-order valence-corrected chi connectivity index (χ2v) is 5.20. The molecule has 14 heavy (non-hydrogen) atoms. The summed E-state index contributed by atoms with van der Waals surface area (Å²) in [5.74, 6) is 0.387. The van der Waals surface area contributed by atoms with E-state index < -0.39 is 0 Å². The van der Waals surface area contributed by atoms with Crippen LogP contribution in [0.2, 0.25) is 0 Å². The van der Waals surface area contributed by atoms with E-state index in [0.29, 0.717) is 18.4 Å². The van der Waals surface area contributed by atoms with Crippen LogP contribution in [-0.2, 0) is 9.53 Å². The van der Waals surface area contributed by atoms with Crippen LogP contribution in [0.4, 0.5) is 0 Å². The number of rotatable bonds is 2. The lowest BCUT2D eigenvalue weighted by Crippen LogP contribution is -2.25. The Balaban J connectivity index is 2.27. The second-order valence-electron chi connectivity index (χ2n) is 5.20. The Hall–Kier alpha value is -0.570. The van der Waals surface area contributed by atoms with E-state index in [2.05, 4.69) is 12.2 Å². The molecule has 2 atom stereocenters. The molecule has 0 aromatic carbocycles. The van der Waals surface area contributed by atoms with Gasteiger partial charge in [-0.2, -0.15) is 0 Å². The van der Waals surface area contributed by atoms with Crippen LogP contribution < -0.4 is 5.32 Å². The van der Waals surface area contributed by atoms with E-state index in [4.69, 9.17) is 4.74 Å². The van der Waals surface area contributed by atoms with Crippen molar-refractivity contribution in [3.8, 4) is 0 Å². The maximum atomic E-state index is 11.5. The first-order chi connectivity index (χ1) is 6.37. The first-order valence-corrected chi connectivity index (χ1v) is 5.32. The Morgan fingerprint density at radius 1 is 1.50 bits per heavy atom. The summed E-state index contributed by atoms with van der Waals surface area (Å²) in [6.45, 7) is 8.80. The molecule has 1 N–H and O–H groups in total. The molecule has 3 heteroatoms. The third-order valence-corrected chi connectivity index (χ3v) is 2.32. The Morgan fingerprint density at radius 3 is 2.57 bits per heavy atom. The highest BCUT2D eigenvalue weighted by molar-refractivity contribution is 5.70. The zero-order valence-corrected chi connectivity index (χ0v) is 9.59. The van der Waals surface area contributed by atoms with Crippen LogP contribution in [0.3, 0.4) is 0 Å². The molecular formula is C11H21NO2. The number of hydrogen-bond donors (Lipinski definition) is 1. The minimum atomic E-state index is -0.352. The summed E-state index contributed by atoms with van der Waals surface area (Å²) in [5.41, 5.74) is -0.352. The molecule has 0 spiro atoms. The van der Waals surface area contributed by atoms with E-state index in [1.165, 1.54) is 0 Å². The smallest absolute Gasteiger partial charge is 0.306 e. The van der Waals surface area contributed by atoms with Crippen LogP contribution in [-0.4, -0.2) is 24.2 Å². The number of carbonyl (C=O) groups is 1. The predicted molar refractivity (Wildman–Crippen MR) is 56.0 cm³/mol. The number of esters is 1. The highest BCUT2D eigenvalue weighted by atomic mass is 16.6. The molecule has 0 aliphatic carbocycles. The van der Waals surface area contributed by atoms with Gasteiger partial charge < -0.3 is 10.1 Å². The minimum absolute atomic E-state index is 0.0709. The van der Waals surface area contributed by atoms with Gasteiger partial charge in [-0.05, 0) is 46.6 Å². The summed E-state index contributed by atoms with van der Waals surface area (Å²) < 4.78 is 5.27. The summed E-state index contributed by atoms with van der Waals surface area (Å²) >= 11 is 0. The highest BCUT2D eigenvalue weighted by Crippen LogP contribution is 2.19. The summed E-state index contributed by atoms with van der Waals surface area (Å²) in [5, 5.41) is 3.33. The summed E-state index contributed by atoms with van der Waals surface area (Å²) in [7, 11) is 0. The van der Waals surface area contributed by atoms with Crippen LogP contribution in [0.15, 0.2) is 0 Å². The van der Waals surface area contributed by atoms with Gasteiger partial charge in [0.1, 0.15) is 5.60 Å². The van der Waals surface area contributed by atoms with E-state index in [-0.39, 0.29) is 11.6 Å². The zero-order valence-electron chi connectivity index (χ0n) is 9.59. The largest absolute Gasteiger partial charge is 0.460 e. The standard InChI is InChI=1S/C11H21NO2/c1-8-5-9(7-12-8)6-10(13)14-11(2,3)4/h8-9,12H,5-7H2,1-4H3. The van der Waals surface area contributed by atoms with Gasteiger partial charge in [0.25, 0.3) is 0 Å². The van der Waals surface area contributed by atoms with Crippen molar-refractivity contribution in [2.75, 3.05) is 6.54 Å². The Kier molecular flexibility index (Phi) is 3.53. The molecule has 1 rings (SSSR count). The lowest BCUT2D eigenvalue weighted by atomic mass is 10.0. The first kappa shape index (κ1) is 11.5. The van der Waals surface area contributed by atoms with Crippen LogP contribution in [0, 0.1) is 5.92 Å². The van der Waals surface area contributed by atoms with E-state index >= 15 is 0 Å². The van der Waals surface area contributed by atoms with Gasteiger partial charge in [0.2, 0.25) is 0 Å². The van der Waals surface area contributed by atoms with Gasteiger partial charge >= 0.3 is 5.97 Å². The van der Waals surface area contributed by atoms with E-state index in [1.54, 1.807) is 0 Å². The lowest BCUT2D eigenvalue weighted by Gasteiger charge is -2.20. The molecule has 1 aliphatic rings. The fraction of sp³-hybridized carbons (Fsp3) is 0.909. The number of carbonyl (C=O) groups excluding carboxylic acids is 1. The predicted octanol–water partition coefficient (Wildman–Crippen LogP) is 1.72. The first-order valence-electron chi connectivity index (χ1n) is 5.32. The van der Waals surface area contributed by atoms with Crippen molar-refractivity contribution in [2.24, 2.45) is 5.92 Å². The Labute approximate surface area is 86.2 Å². The molecule has 0 saturated carbocycles. The quantitative estimate of drug-likeness (QED) is 0.688. The molecule has 82 valence electrons. The van der Waals surface area contributed by atoms with Gasteiger partial charge in [-0.25, -0.2) is 0 Å². The van der Waals surface area contributed by atoms with Crippen molar-refractivity contribution in [3.05, 3.63) is 0 Å². The molecule has 0 amide bonds. The van der Waals surface area contributed by atoms with E-state index in [9.17, 15) is 4.79 Å². The maximum Gasteiger partial charge on any atom is 0.306 e. The second kappa shape index (κ2) is 4.30. The molecule has 0 bridgehead atoms. The highest BCUT2D eigenvalue weighted by Gasteiger charge is 2.25. The van der Waals surface area contributed by atoms with Crippen LogP contribution in [0.25, 0.3) is 0 Å². The molecule has 0 radical (unpaired) electrons. The third-order valence-electron chi connectivity index (χ3n) is 2.32. The fourth-order valence-corrected chi connectivity index (χ4v) is 1.81. The van der Waals surface area contributed by atoms with Crippen molar-refractivity contribution in [1.29, 1.82) is 0 Å². The molecule has 2 unspecified atom stereocenters. The van der Waals surface area contributed by atoms with E-state index in [0.717, 1.165) is 13.0 Å². The minimum Gasteiger partial charge on any atom is -0.460 e. The molecular weight excluding hydrogens is 178 g/mol. The van der Waals surface area contributed by atoms with Crippen molar-refractivity contribution >= 4 is 5.97 Å². The average Bonchev–Trinajstić information content (AvgIpc) is 2.30. The average molecular weight is 199 g/mol. The van der Waals surface area contributed by atoms with Crippen LogP contribution in [0.1, 0.15) is 40.5 Å². The molecule has 1 heterocycles. The van der Waals surface area contributed by atoms with Crippen LogP contribution >= 0.6 is 0 Å². The number of ether oxygens (including phenoxy) is 1. The number of nitrogens with one attached hydrogen (secondary N) is 1. The van der Waals surface area contributed by atoms with Gasteiger partial charge in [0.05, 0.1) is 0 Å². The molecule has 1 saturated heterocycles. The molecule has 0 aromatic heterocycles. The van der Waals surface area contributed by atoms with Crippen molar-refractivity contribution in [1.82, 2.24) is 5.32 Å². The van der Waals surface area contributed by atoms with Crippen LogP contribution in [0.5, 0.6) is 0 Å². The molecule has 0 aromatic rings. The maximum absolute atomic E-state index is 11.5. The van der Waals surface area contributed by atoms with Gasteiger partial charge in [-0.15, -0.1) is 0 Å². The molecule has 1 aliphatic heterocycles. The summed E-state index contributed by atoms with van der Waals surface area (Å²) in [6, 6.07) is 0.544. The van der Waals surface area contributed by atoms with Gasteiger partial charge in [0.15, 0.2) is 0 Å². The monoisotopic (exact) mass is 199 g/mol. The summed E-state index contributed by atoms with van der Waals surface area (Å²) in [6.07, 6.45) is 1.63. The van der Waals surface area contributed by atoms with Gasteiger partial charge in [-0.1, -0.05) is 0 Å².